The number of benzene rings is 1. The fourth-order valence-electron chi connectivity index (χ4n) is 3.40. The summed E-state index contributed by atoms with van der Waals surface area (Å²) in [6.07, 6.45) is 3.84. The van der Waals surface area contributed by atoms with Crippen molar-refractivity contribution in [1.82, 2.24) is 20.5 Å². The van der Waals surface area contributed by atoms with Crippen LogP contribution in [0.5, 0.6) is 0 Å². The summed E-state index contributed by atoms with van der Waals surface area (Å²) >= 11 is 0. The molecule has 150 valence electrons. The number of piperazine rings is 1. The van der Waals surface area contributed by atoms with Gasteiger partial charge >= 0.3 is 0 Å². The average molecular weight is 383 g/mol. The molecule has 1 aromatic heterocycles. The van der Waals surface area contributed by atoms with Crippen LogP contribution in [0.1, 0.15) is 36.6 Å². The molecule has 0 bridgehead atoms. The lowest BCUT2D eigenvalue weighted by Gasteiger charge is -2.35. The van der Waals surface area contributed by atoms with Gasteiger partial charge in [-0.3, -0.25) is 14.7 Å². The highest BCUT2D eigenvalue weighted by atomic mass is 16.5. The van der Waals surface area contributed by atoms with Gasteiger partial charge in [0.1, 0.15) is 0 Å². The number of aromatic nitrogens is 1. The molecule has 0 radical (unpaired) electrons. The molecule has 1 aliphatic heterocycles. The van der Waals surface area contributed by atoms with Crippen LogP contribution in [0.2, 0.25) is 0 Å². The average Bonchev–Trinajstić information content (AvgIpc) is 2.72. The number of nitrogens with zero attached hydrogens (tertiary/aromatic N) is 2. The first-order valence-corrected chi connectivity index (χ1v) is 9.93. The molecule has 0 saturated carbocycles. The van der Waals surface area contributed by atoms with Gasteiger partial charge in [0.25, 0.3) is 0 Å². The zero-order valence-corrected chi connectivity index (χ0v) is 16.7. The number of amides is 1. The van der Waals surface area contributed by atoms with Gasteiger partial charge in [-0.15, -0.1) is 0 Å². The zero-order valence-electron chi connectivity index (χ0n) is 16.7. The quantitative estimate of drug-likeness (QED) is 0.733. The molecule has 1 aromatic carbocycles. The van der Waals surface area contributed by atoms with Crippen molar-refractivity contribution in [1.29, 1.82) is 0 Å². The van der Waals surface area contributed by atoms with Crippen LogP contribution in [-0.2, 0) is 22.7 Å². The number of carbonyl (C=O) groups is 1. The van der Waals surface area contributed by atoms with Crippen LogP contribution < -0.4 is 10.6 Å². The van der Waals surface area contributed by atoms with E-state index >= 15 is 0 Å². The van der Waals surface area contributed by atoms with Crippen LogP contribution in [0.3, 0.4) is 0 Å². The van der Waals surface area contributed by atoms with E-state index in [2.05, 4.69) is 32.7 Å². The minimum Gasteiger partial charge on any atom is -0.374 e. The van der Waals surface area contributed by atoms with Crippen molar-refractivity contribution in [2.45, 2.75) is 39.1 Å². The normalized spacial score (nSPS) is 17.6. The summed E-state index contributed by atoms with van der Waals surface area (Å²) in [6.45, 7) is 8.06. The second-order valence-corrected chi connectivity index (χ2v) is 7.38. The lowest BCUT2D eigenvalue weighted by Crippen LogP contribution is -2.49. The summed E-state index contributed by atoms with van der Waals surface area (Å²) < 4.78 is 5.73. The molecule has 1 unspecified atom stereocenters. The number of hydrogen-bond acceptors (Lipinski definition) is 5. The molecule has 1 atom stereocenters. The predicted octanol–water partition coefficient (Wildman–Crippen LogP) is 2.27. The molecule has 1 saturated heterocycles. The highest BCUT2D eigenvalue weighted by Crippen LogP contribution is 2.20. The van der Waals surface area contributed by atoms with Gasteiger partial charge in [0.15, 0.2) is 0 Å². The summed E-state index contributed by atoms with van der Waals surface area (Å²) in [7, 11) is 0. The van der Waals surface area contributed by atoms with E-state index in [0.717, 1.165) is 36.3 Å². The Hall–Kier alpha value is -2.28. The maximum atomic E-state index is 12.6. The molecule has 1 amide bonds. The molecule has 2 heterocycles. The Balaban J connectivity index is 1.56. The number of rotatable bonds is 8. The standard InChI is InChI=1S/C22H30N4O2/c1-17(2)28-16-20-7-4-3-6-18(20)13-25-22(27)15-26-11-10-24-14-21(26)19-8-5-9-23-12-19/h3-9,12,17,21,24H,10-11,13-16H2,1-2H3,(H,25,27). The molecular weight excluding hydrogens is 352 g/mol. The van der Waals surface area contributed by atoms with Gasteiger partial charge in [-0.25, -0.2) is 0 Å². The maximum Gasteiger partial charge on any atom is 0.234 e. The summed E-state index contributed by atoms with van der Waals surface area (Å²) in [5, 5.41) is 6.48. The zero-order chi connectivity index (χ0) is 19.8. The van der Waals surface area contributed by atoms with Crippen LogP contribution in [0.15, 0.2) is 48.8 Å². The van der Waals surface area contributed by atoms with Gasteiger partial charge in [0.05, 0.1) is 19.3 Å². The molecule has 0 spiro atoms. The summed E-state index contributed by atoms with van der Waals surface area (Å²) in [4.78, 5) is 19.1. The second-order valence-electron chi connectivity index (χ2n) is 7.38. The summed E-state index contributed by atoms with van der Waals surface area (Å²) in [6, 6.07) is 12.3. The molecule has 1 fully saturated rings. The minimum atomic E-state index is 0.0374. The maximum absolute atomic E-state index is 12.6. The highest BCUT2D eigenvalue weighted by Gasteiger charge is 2.25. The van der Waals surface area contributed by atoms with Crippen molar-refractivity contribution in [2.75, 3.05) is 26.2 Å². The van der Waals surface area contributed by atoms with Crippen molar-refractivity contribution >= 4 is 5.91 Å². The number of hydrogen-bond donors (Lipinski definition) is 2. The van der Waals surface area contributed by atoms with Crippen molar-refractivity contribution in [2.24, 2.45) is 0 Å². The Bertz CT molecular complexity index is 751. The van der Waals surface area contributed by atoms with E-state index in [4.69, 9.17) is 4.74 Å². The fourth-order valence-corrected chi connectivity index (χ4v) is 3.40. The molecule has 2 aromatic rings. The van der Waals surface area contributed by atoms with E-state index in [9.17, 15) is 4.79 Å². The first kappa shape index (κ1) is 20.5. The second kappa shape index (κ2) is 10.3. The third-order valence-corrected chi connectivity index (χ3v) is 4.94. The molecule has 3 rings (SSSR count). The first-order chi connectivity index (χ1) is 13.6. The summed E-state index contributed by atoms with van der Waals surface area (Å²) in [5.74, 6) is 0.0374. The van der Waals surface area contributed by atoms with E-state index in [1.54, 1.807) is 6.20 Å². The molecule has 1 aliphatic rings. The number of nitrogens with one attached hydrogen (secondary N) is 2. The molecule has 6 nitrogen and oxygen atoms in total. The van der Waals surface area contributed by atoms with Gasteiger partial charge < -0.3 is 15.4 Å². The van der Waals surface area contributed by atoms with Crippen LogP contribution in [0.4, 0.5) is 0 Å². The lowest BCUT2D eigenvalue weighted by molar-refractivity contribution is -0.123. The van der Waals surface area contributed by atoms with Crippen molar-refractivity contribution in [3.63, 3.8) is 0 Å². The molecule has 6 heteroatoms. The largest absolute Gasteiger partial charge is 0.374 e. The highest BCUT2D eigenvalue weighted by molar-refractivity contribution is 5.78. The number of ether oxygens (including phenoxy) is 1. The Kier molecular flexibility index (Phi) is 7.54. The number of carbonyl (C=O) groups excluding carboxylic acids is 1. The van der Waals surface area contributed by atoms with Gasteiger partial charge in [-0.2, -0.15) is 0 Å². The Morgan fingerprint density at radius 1 is 1.29 bits per heavy atom. The lowest BCUT2D eigenvalue weighted by atomic mass is 10.1. The van der Waals surface area contributed by atoms with Crippen molar-refractivity contribution < 1.29 is 9.53 Å². The smallest absolute Gasteiger partial charge is 0.234 e. The predicted molar refractivity (Wildman–Crippen MR) is 110 cm³/mol. The van der Waals surface area contributed by atoms with Crippen LogP contribution in [0.25, 0.3) is 0 Å². The van der Waals surface area contributed by atoms with Gasteiger partial charge in [-0.1, -0.05) is 30.3 Å². The SMILES string of the molecule is CC(C)OCc1ccccc1CNC(=O)CN1CCNCC1c1cccnc1. The van der Waals surface area contributed by atoms with Crippen molar-refractivity contribution in [3.05, 3.63) is 65.5 Å². The third kappa shape index (κ3) is 5.86. The molecule has 28 heavy (non-hydrogen) atoms. The Morgan fingerprint density at radius 2 is 2.11 bits per heavy atom. The van der Waals surface area contributed by atoms with Gasteiger partial charge in [0, 0.05) is 44.6 Å². The van der Waals surface area contributed by atoms with Gasteiger partial charge in [-0.05, 0) is 36.6 Å². The fraction of sp³-hybridized carbons (Fsp3) is 0.455. The topological polar surface area (TPSA) is 66.5 Å². The van der Waals surface area contributed by atoms with Gasteiger partial charge in [0.2, 0.25) is 5.91 Å². The van der Waals surface area contributed by atoms with E-state index in [-0.39, 0.29) is 18.1 Å². The van der Waals surface area contributed by atoms with Crippen molar-refractivity contribution in [3.8, 4) is 0 Å². The Morgan fingerprint density at radius 3 is 2.86 bits per heavy atom. The van der Waals surface area contributed by atoms with E-state index < -0.39 is 0 Å². The minimum absolute atomic E-state index is 0.0374. The van der Waals surface area contributed by atoms with Crippen LogP contribution in [-0.4, -0.2) is 48.1 Å². The number of pyridine rings is 1. The monoisotopic (exact) mass is 382 g/mol. The van der Waals surface area contributed by atoms with E-state index in [1.165, 1.54) is 0 Å². The summed E-state index contributed by atoms with van der Waals surface area (Å²) in [5.41, 5.74) is 3.35. The molecule has 0 aliphatic carbocycles. The van der Waals surface area contributed by atoms with Crippen LogP contribution >= 0.6 is 0 Å². The van der Waals surface area contributed by atoms with E-state index in [1.807, 2.05) is 44.3 Å². The Labute approximate surface area is 167 Å². The third-order valence-electron chi connectivity index (χ3n) is 4.94. The first-order valence-electron chi connectivity index (χ1n) is 9.93. The molecular formula is C22H30N4O2. The molecule has 2 N–H and O–H groups in total. The van der Waals surface area contributed by atoms with E-state index in [0.29, 0.717) is 19.7 Å². The van der Waals surface area contributed by atoms with Crippen LogP contribution in [0, 0.1) is 0 Å².